The zero-order valence-corrected chi connectivity index (χ0v) is 17.4. The van der Waals surface area contributed by atoms with E-state index in [4.69, 9.17) is 4.74 Å². The van der Waals surface area contributed by atoms with Crippen LogP contribution in [0.15, 0.2) is 24.8 Å². The van der Waals surface area contributed by atoms with Crippen molar-refractivity contribution >= 4 is 27.5 Å². The summed E-state index contributed by atoms with van der Waals surface area (Å²) in [6.07, 6.45) is 1.18. The molecule has 1 aromatic rings. The molecule has 0 spiro atoms. The van der Waals surface area contributed by atoms with Gasteiger partial charge in [-0.15, -0.1) is 5.70 Å². The summed E-state index contributed by atoms with van der Waals surface area (Å²) in [5.41, 5.74) is -0.921. The van der Waals surface area contributed by atoms with Crippen molar-refractivity contribution < 1.29 is 59.8 Å². The molecule has 1 aromatic carbocycles. The fourth-order valence-corrected chi connectivity index (χ4v) is 2.61. The molecule has 1 atom stereocenters. The molecule has 0 fully saturated rings. The minimum Gasteiger partial charge on any atom is -0.489 e. The Hall–Kier alpha value is -0.726. The van der Waals surface area contributed by atoms with E-state index in [1.165, 1.54) is 6.08 Å². The fourth-order valence-electron chi connectivity index (χ4n) is 2.21. The number of rotatable bonds is 6. The molecule has 1 radical (unpaired) electrons. The Kier molecular flexibility index (Phi) is 8.77. The maximum absolute atomic E-state index is 14.3. The summed E-state index contributed by atoms with van der Waals surface area (Å²) in [6.45, 7) is 2.49. The Morgan fingerprint density at radius 2 is 2.00 bits per heavy atom. The summed E-state index contributed by atoms with van der Waals surface area (Å²) in [4.78, 5) is 12.0. The Labute approximate surface area is 176 Å². The number of nitrogens with zero attached hydrogens (tertiary/aromatic N) is 1. The molecule has 133 valence electrons. The third kappa shape index (κ3) is 5.37. The molecule has 1 amide bonds. The Bertz CT molecular complexity index is 661. The summed E-state index contributed by atoms with van der Waals surface area (Å²) in [5.74, 6) is -2.83. The maximum Gasteiger partial charge on any atom is 0.256 e. The largest absolute Gasteiger partial charge is 0.489 e. The van der Waals surface area contributed by atoms with Gasteiger partial charge in [-0.2, -0.15) is 0 Å². The SMILES string of the molecule is C=CCOc1cc(F)c(C2=[C-]CC(Br)C(=O)N2CC(F)F)c(F)c1.[Y]. The van der Waals surface area contributed by atoms with Crippen LogP contribution in [0.25, 0.3) is 5.70 Å². The zero-order chi connectivity index (χ0) is 17.9. The van der Waals surface area contributed by atoms with Crippen molar-refractivity contribution in [2.45, 2.75) is 17.7 Å². The van der Waals surface area contributed by atoms with Gasteiger partial charge in [-0.25, -0.2) is 23.6 Å². The van der Waals surface area contributed by atoms with E-state index in [-0.39, 0.29) is 57.2 Å². The van der Waals surface area contributed by atoms with Gasteiger partial charge in [-0.1, -0.05) is 40.6 Å². The first-order valence-electron chi connectivity index (χ1n) is 6.92. The minimum atomic E-state index is -2.86. The molecule has 0 N–H and O–H groups in total. The molecular formula is C16H13BrF4NO2Y-. The monoisotopic (exact) mass is 495 g/mol. The minimum absolute atomic E-state index is 0. The molecule has 1 heterocycles. The van der Waals surface area contributed by atoms with Gasteiger partial charge in [0.05, 0.1) is 23.0 Å². The van der Waals surface area contributed by atoms with Gasteiger partial charge in [0.25, 0.3) is 6.43 Å². The van der Waals surface area contributed by atoms with E-state index >= 15 is 0 Å². The second kappa shape index (κ2) is 9.83. The van der Waals surface area contributed by atoms with E-state index in [9.17, 15) is 22.4 Å². The average molecular weight is 496 g/mol. The molecule has 0 saturated carbocycles. The van der Waals surface area contributed by atoms with Gasteiger partial charge < -0.3 is 9.64 Å². The number of allylic oxidation sites excluding steroid dienone is 1. The van der Waals surface area contributed by atoms with E-state index in [0.29, 0.717) is 4.90 Å². The number of hydrogen-bond acceptors (Lipinski definition) is 2. The summed E-state index contributed by atoms with van der Waals surface area (Å²) in [6, 6.07) is 1.84. The van der Waals surface area contributed by atoms with Gasteiger partial charge >= 0.3 is 0 Å². The summed E-state index contributed by atoms with van der Waals surface area (Å²) in [7, 11) is 0. The van der Waals surface area contributed by atoms with Crippen molar-refractivity contribution in [3.05, 3.63) is 48.1 Å². The number of hydrogen-bond donors (Lipinski definition) is 0. The molecule has 0 bridgehead atoms. The molecule has 2 rings (SSSR count). The van der Waals surface area contributed by atoms with Crippen LogP contribution in [-0.2, 0) is 37.5 Å². The number of carbonyl (C=O) groups excluding carboxylic acids is 1. The van der Waals surface area contributed by atoms with Crippen LogP contribution < -0.4 is 4.74 Å². The van der Waals surface area contributed by atoms with Crippen molar-refractivity contribution in [3.8, 4) is 5.75 Å². The fraction of sp³-hybridized carbons (Fsp3) is 0.312. The van der Waals surface area contributed by atoms with Crippen molar-refractivity contribution in [3.63, 3.8) is 0 Å². The van der Waals surface area contributed by atoms with Crippen LogP contribution in [0.3, 0.4) is 0 Å². The summed E-state index contributed by atoms with van der Waals surface area (Å²) in [5, 5.41) is 0. The van der Waals surface area contributed by atoms with E-state index in [1.54, 1.807) is 0 Å². The smallest absolute Gasteiger partial charge is 0.256 e. The molecule has 1 aliphatic rings. The van der Waals surface area contributed by atoms with Crippen LogP contribution >= 0.6 is 15.9 Å². The van der Waals surface area contributed by atoms with Crippen molar-refractivity contribution in [1.82, 2.24) is 4.90 Å². The van der Waals surface area contributed by atoms with Crippen molar-refractivity contribution in [2.75, 3.05) is 13.2 Å². The van der Waals surface area contributed by atoms with Crippen LogP contribution in [0, 0.1) is 17.7 Å². The number of carbonyl (C=O) groups is 1. The van der Waals surface area contributed by atoms with Crippen LogP contribution in [0.4, 0.5) is 17.6 Å². The van der Waals surface area contributed by atoms with Crippen LogP contribution in [0.1, 0.15) is 12.0 Å². The Morgan fingerprint density at radius 3 is 2.52 bits per heavy atom. The molecule has 3 nitrogen and oxygen atoms in total. The van der Waals surface area contributed by atoms with E-state index in [0.717, 1.165) is 12.1 Å². The first-order valence-corrected chi connectivity index (χ1v) is 7.84. The van der Waals surface area contributed by atoms with Gasteiger partial charge in [0.15, 0.2) is 0 Å². The number of halogens is 5. The maximum atomic E-state index is 14.3. The van der Waals surface area contributed by atoms with E-state index in [2.05, 4.69) is 28.6 Å². The number of benzene rings is 1. The summed E-state index contributed by atoms with van der Waals surface area (Å²) < 4.78 is 59.2. The van der Waals surface area contributed by atoms with Gasteiger partial charge in [0.1, 0.15) is 12.4 Å². The van der Waals surface area contributed by atoms with Gasteiger partial charge in [0.2, 0.25) is 5.91 Å². The molecule has 0 saturated heterocycles. The second-order valence-electron chi connectivity index (χ2n) is 4.90. The summed E-state index contributed by atoms with van der Waals surface area (Å²) >= 11 is 3.03. The molecule has 1 aliphatic heterocycles. The second-order valence-corrected chi connectivity index (χ2v) is 6.00. The third-order valence-corrected chi connectivity index (χ3v) is 3.91. The molecular weight excluding hydrogens is 483 g/mol. The molecule has 1 unspecified atom stereocenters. The van der Waals surface area contributed by atoms with Crippen molar-refractivity contribution in [1.29, 1.82) is 0 Å². The normalized spacial score (nSPS) is 17.2. The Balaban J connectivity index is 0.00000312. The molecule has 9 heteroatoms. The quantitative estimate of drug-likeness (QED) is 0.259. The number of ether oxygens (including phenoxy) is 1. The Morgan fingerprint density at radius 1 is 1.40 bits per heavy atom. The van der Waals surface area contributed by atoms with Gasteiger partial charge in [0, 0.05) is 32.7 Å². The average Bonchev–Trinajstić information content (AvgIpc) is 2.51. The van der Waals surface area contributed by atoms with Gasteiger partial charge in [-0.05, 0) is 12.1 Å². The van der Waals surface area contributed by atoms with E-state index < -0.39 is 40.9 Å². The van der Waals surface area contributed by atoms with Crippen LogP contribution in [0.2, 0.25) is 0 Å². The van der Waals surface area contributed by atoms with Gasteiger partial charge in [-0.3, -0.25) is 4.79 Å². The van der Waals surface area contributed by atoms with Crippen LogP contribution in [-0.4, -0.2) is 35.2 Å². The van der Waals surface area contributed by atoms with Crippen LogP contribution in [0.5, 0.6) is 5.75 Å². The first-order chi connectivity index (χ1) is 11.3. The number of alkyl halides is 3. The zero-order valence-electron chi connectivity index (χ0n) is 12.9. The van der Waals surface area contributed by atoms with Crippen molar-refractivity contribution in [2.24, 2.45) is 0 Å². The molecule has 25 heavy (non-hydrogen) atoms. The standard InChI is InChI=1S/C16H13BrF4NO2.Y/c1-2-5-24-9-6-11(18)15(12(19)7-9)13-4-3-10(17)16(23)22(13)8-14(20)21;/h2,6-7,10,14H,1,3,5,8H2;/q-1;. The predicted octanol–water partition coefficient (Wildman–Crippen LogP) is 3.93. The molecule has 0 aromatic heterocycles. The van der Waals surface area contributed by atoms with E-state index in [1.807, 2.05) is 0 Å². The topological polar surface area (TPSA) is 29.5 Å². The first kappa shape index (κ1) is 22.3. The number of amides is 1. The predicted molar refractivity (Wildman–Crippen MR) is 83.7 cm³/mol. The third-order valence-electron chi connectivity index (χ3n) is 3.19. The molecule has 0 aliphatic carbocycles.